The number of carbonyl (C=O) groups is 1. The number of aliphatic hydroxyl groups is 1. The molecule has 0 aromatic heterocycles. The summed E-state index contributed by atoms with van der Waals surface area (Å²) >= 11 is 0. The Labute approximate surface area is 286 Å². The van der Waals surface area contributed by atoms with Gasteiger partial charge in [-0.25, -0.2) is 4.79 Å². The molecule has 1 N–H and O–H groups in total. The molecule has 1 unspecified atom stereocenters. The number of amides is 1. The normalized spacial score (nSPS) is 42.8. The molecule has 0 bridgehead atoms. The van der Waals surface area contributed by atoms with Crippen molar-refractivity contribution in [1.82, 2.24) is 4.90 Å². The Morgan fingerprint density at radius 3 is 2.34 bits per heavy atom. The molecule has 47 heavy (non-hydrogen) atoms. The van der Waals surface area contributed by atoms with Crippen LogP contribution < -0.4 is 0 Å². The van der Waals surface area contributed by atoms with Crippen LogP contribution in [0.25, 0.3) is 0 Å². The number of nitrogens with zero attached hydrogens (tertiary/aromatic N) is 1. The zero-order valence-corrected chi connectivity index (χ0v) is 31.5. The molecule has 5 aliphatic rings. The second-order valence-corrected chi connectivity index (χ2v) is 17.6. The molecule has 1 amide bonds. The lowest BCUT2D eigenvalue weighted by atomic mass is 9.49. The third-order valence-electron chi connectivity index (χ3n) is 14.3. The van der Waals surface area contributed by atoms with E-state index in [9.17, 15) is 9.90 Å². The van der Waals surface area contributed by atoms with Crippen molar-refractivity contribution >= 4 is 6.09 Å². The number of fused-ring (bicyclic) bond motifs is 3. The van der Waals surface area contributed by atoms with Gasteiger partial charge in [0.1, 0.15) is 12.2 Å². The van der Waals surface area contributed by atoms with Crippen LogP contribution >= 0.6 is 0 Å². The van der Waals surface area contributed by atoms with Crippen LogP contribution in [-0.4, -0.2) is 91.7 Å². The molecule has 12 atom stereocenters. The quantitative estimate of drug-likeness (QED) is 0.259. The van der Waals surface area contributed by atoms with Crippen molar-refractivity contribution in [2.75, 3.05) is 39.5 Å². The average Bonchev–Trinajstić information content (AvgIpc) is 3.21. The molecule has 8 heteroatoms. The lowest BCUT2D eigenvalue weighted by Crippen LogP contribution is -2.55. The molecule has 0 aromatic carbocycles. The summed E-state index contributed by atoms with van der Waals surface area (Å²) in [4.78, 5) is 15.0. The Bertz CT molecular complexity index is 1050. The van der Waals surface area contributed by atoms with E-state index >= 15 is 0 Å². The highest BCUT2D eigenvalue weighted by Crippen LogP contribution is 2.70. The van der Waals surface area contributed by atoms with E-state index in [-0.39, 0.29) is 52.9 Å². The maximum atomic E-state index is 13.2. The number of morpholine rings is 1. The number of rotatable bonds is 10. The topological polar surface area (TPSA) is 86.7 Å². The first-order chi connectivity index (χ1) is 22.1. The van der Waals surface area contributed by atoms with Gasteiger partial charge < -0.3 is 33.7 Å². The predicted octanol–water partition coefficient (Wildman–Crippen LogP) is 7.49. The SMILES string of the molecule is CCO[C@@H]([C@H]1C[C@@H](C)[C@H]2[C@H](O1)[C@H](OCC)[C@@]1(C)[C@H](CC[C@@H]3C(C)CC[C@H](OC(=O)N4CCOCC4)C3(C)C)CCC[C@]21C)C(C)(C)O. The van der Waals surface area contributed by atoms with Gasteiger partial charge >= 0.3 is 6.09 Å². The summed E-state index contributed by atoms with van der Waals surface area (Å²) in [6, 6.07) is 0. The molecule has 3 aliphatic carbocycles. The first-order valence-electron chi connectivity index (χ1n) is 19.3. The van der Waals surface area contributed by atoms with E-state index in [4.69, 9.17) is 23.7 Å². The Kier molecular flexibility index (Phi) is 11.4. The molecule has 0 radical (unpaired) electrons. The Morgan fingerprint density at radius 1 is 1.00 bits per heavy atom. The van der Waals surface area contributed by atoms with Crippen LogP contribution in [0.3, 0.4) is 0 Å². The zero-order chi connectivity index (χ0) is 34.4. The highest BCUT2D eigenvalue weighted by atomic mass is 16.6. The van der Waals surface area contributed by atoms with Gasteiger partial charge in [-0.1, -0.05) is 48.0 Å². The first-order valence-corrected chi connectivity index (χ1v) is 19.3. The number of hydrogen-bond donors (Lipinski definition) is 1. The third-order valence-corrected chi connectivity index (χ3v) is 14.3. The number of hydrogen-bond acceptors (Lipinski definition) is 7. The fraction of sp³-hybridized carbons (Fsp3) is 0.974. The number of ether oxygens (including phenoxy) is 5. The lowest BCUT2D eigenvalue weighted by molar-refractivity contribution is -0.219. The fourth-order valence-corrected chi connectivity index (χ4v) is 11.8. The summed E-state index contributed by atoms with van der Waals surface area (Å²) < 4.78 is 31.9. The van der Waals surface area contributed by atoms with Gasteiger partial charge in [0.2, 0.25) is 0 Å². The minimum absolute atomic E-state index is 0.00106. The zero-order valence-electron chi connectivity index (χ0n) is 31.5. The van der Waals surface area contributed by atoms with E-state index in [1.54, 1.807) is 0 Å². The van der Waals surface area contributed by atoms with Crippen LogP contribution in [0.15, 0.2) is 0 Å². The summed E-state index contributed by atoms with van der Waals surface area (Å²) in [6.07, 6.45) is 8.06. The average molecular weight is 664 g/mol. The van der Waals surface area contributed by atoms with Gasteiger partial charge in [0.25, 0.3) is 0 Å². The Morgan fingerprint density at radius 2 is 1.70 bits per heavy atom. The Hall–Kier alpha value is -0.930. The highest BCUT2D eigenvalue weighted by molar-refractivity contribution is 5.68. The summed E-state index contributed by atoms with van der Waals surface area (Å²) in [5.41, 5.74) is -1.02. The van der Waals surface area contributed by atoms with Gasteiger partial charge in [-0.05, 0) is 108 Å². The summed E-state index contributed by atoms with van der Waals surface area (Å²) in [7, 11) is 0. The van der Waals surface area contributed by atoms with Gasteiger partial charge in [-0.3, -0.25) is 0 Å². The van der Waals surface area contributed by atoms with E-state index in [2.05, 4.69) is 48.5 Å². The maximum absolute atomic E-state index is 13.2. The molecule has 2 saturated heterocycles. The summed E-state index contributed by atoms with van der Waals surface area (Å²) in [6.45, 7) is 26.0. The van der Waals surface area contributed by atoms with E-state index in [0.717, 1.165) is 32.1 Å². The lowest BCUT2D eigenvalue weighted by Gasteiger charge is -2.56. The predicted molar refractivity (Wildman–Crippen MR) is 184 cm³/mol. The maximum Gasteiger partial charge on any atom is 0.410 e. The van der Waals surface area contributed by atoms with E-state index < -0.39 is 5.60 Å². The van der Waals surface area contributed by atoms with Crippen LogP contribution in [0.2, 0.25) is 0 Å². The van der Waals surface area contributed by atoms with Crippen molar-refractivity contribution in [1.29, 1.82) is 0 Å². The monoisotopic (exact) mass is 664 g/mol. The number of carbonyl (C=O) groups excluding carboxylic acids is 1. The highest BCUT2D eigenvalue weighted by Gasteiger charge is 2.71. The largest absolute Gasteiger partial charge is 0.446 e. The second-order valence-electron chi connectivity index (χ2n) is 17.6. The van der Waals surface area contributed by atoms with Gasteiger partial charge in [0.05, 0.1) is 37.1 Å². The van der Waals surface area contributed by atoms with Gasteiger partial charge in [0, 0.05) is 37.1 Å². The van der Waals surface area contributed by atoms with Crippen LogP contribution in [0.4, 0.5) is 4.79 Å². The van der Waals surface area contributed by atoms with Crippen molar-refractivity contribution in [3.8, 4) is 0 Å². The fourth-order valence-electron chi connectivity index (χ4n) is 11.8. The van der Waals surface area contributed by atoms with E-state index in [0.29, 0.717) is 69.1 Å². The minimum atomic E-state index is -0.992. The van der Waals surface area contributed by atoms with Crippen molar-refractivity contribution in [2.45, 2.75) is 157 Å². The van der Waals surface area contributed by atoms with Crippen molar-refractivity contribution in [3.63, 3.8) is 0 Å². The molecule has 272 valence electrons. The minimum Gasteiger partial charge on any atom is -0.446 e. The smallest absolute Gasteiger partial charge is 0.410 e. The molecule has 5 rings (SSSR count). The van der Waals surface area contributed by atoms with Gasteiger partial charge in [-0.15, -0.1) is 0 Å². The second kappa shape index (κ2) is 14.4. The van der Waals surface area contributed by atoms with Crippen molar-refractivity contribution < 1.29 is 33.6 Å². The Balaban J connectivity index is 1.36. The van der Waals surface area contributed by atoms with Crippen LogP contribution in [0.1, 0.15) is 121 Å². The third kappa shape index (κ3) is 6.78. The van der Waals surface area contributed by atoms with Crippen LogP contribution in [0, 0.1) is 45.8 Å². The molecular formula is C39H69NO7. The van der Waals surface area contributed by atoms with Gasteiger partial charge in [0.15, 0.2) is 0 Å². The molecule has 5 fully saturated rings. The van der Waals surface area contributed by atoms with Gasteiger partial charge in [-0.2, -0.15) is 0 Å². The molecule has 3 saturated carbocycles. The molecule has 2 heterocycles. The van der Waals surface area contributed by atoms with Crippen LogP contribution in [0.5, 0.6) is 0 Å². The van der Waals surface area contributed by atoms with Crippen molar-refractivity contribution in [2.24, 2.45) is 45.8 Å². The van der Waals surface area contributed by atoms with Crippen molar-refractivity contribution in [3.05, 3.63) is 0 Å². The summed E-state index contributed by atoms with van der Waals surface area (Å²) in [5, 5.41) is 11.1. The first kappa shape index (κ1) is 37.3. The molecular weight excluding hydrogens is 594 g/mol. The molecule has 8 nitrogen and oxygen atoms in total. The van der Waals surface area contributed by atoms with Crippen LogP contribution in [-0.2, 0) is 23.7 Å². The van der Waals surface area contributed by atoms with E-state index in [1.807, 2.05) is 25.7 Å². The van der Waals surface area contributed by atoms with E-state index in [1.165, 1.54) is 19.3 Å². The molecule has 0 spiro atoms. The molecule has 2 aliphatic heterocycles. The molecule has 0 aromatic rings. The summed E-state index contributed by atoms with van der Waals surface area (Å²) in [5.74, 6) is 2.43. The standard InChI is InChI=1S/C39H69NO7/c1-11-44-33(37(7,8)42)29-24-26(4)31-32(46-29)34(45-12-2)39(10)27(14-13-19-38(31,39)9)16-17-28-25(3)15-18-30(36(28,5)6)47-35(41)40-20-22-43-23-21-40/h25-34,42H,11-24H2,1-10H3/t25?,26-,27+,28-,29-,30+,31+,32+,33+,34+,38-,39-/m1/s1.